The summed E-state index contributed by atoms with van der Waals surface area (Å²) in [5.74, 6) is -0.254. The molecule has 1 unspecified atom stereocenters. The van der Waals surface area contributed by atoms with Crippen molar-refractivity contribution in [3.63, 3.8) is 0 Å². The Kier molecular flexibility index (Phi) is 5.33. The maximum atomic E-state index is 12.1. The van der Waals surface area contributed by atoms with Crippen LogP contribution in [0.4, 0.5) is 5.69 Å². The van der Waals surface area contributed by atoms with Crippen LogP contribution in [-0.4, -0.2) is 24.1 Å². The number of benzene rings is 1. The summed E-state index contributed by atoms with van der Waals surface area (Å²) in [5, 5.41) is 15.6. The number of carbonyl (C=O) groups is 1. The van der Waals surface area contributed by atoms with E-state index < -0.39 is 5.41 Å². The second-order valence-corrected chi connectivity index (χ2v) is 5.54. The van der Waals surface area contributed by atoms with Crippen LogP contribution in [0.5, 0.6) is 5.75 Å². The fourth-order valence-corrected chi connectivity index (χ4v) is 2.42. The molecule has 106 valence electrons. The molecule has 1 saturated heterocycles. The lowest BCUT2D eigenvalue weighted by atomic mass is 9.89. The number of anilines is 1. The Morgan fingerprint density at radius 2 is 2.00 bits per heavy atom. The number of phenolic OH excluding ortho intramolecular Hbond substituents is 1. The van der Waals surface area contributed by atoms with Gasteiger partial charge in [0, 0.05) is 12.2 Å². The molecule has 1 aromatic rings. The third-order valence-corrected chi connectivity index (χ3v) is 3.77. The Bertz CT molecular complexity index is 465. The van der Waals surface area contributed by atoms with Crippen LogP contribution in [0.2, 0.25) is 10.0 Å². The van der Waals surface area contributed by atoms with Crippen LogP contribution in [0.1, 0.15) is 13.3 Å². The van der Waals surface area contributed by atoms with Crippen LogP contribution in [0.25, 0.3) is 0 Å². The van der Waals surface area contributed by atoms with Crippen LogP contribution in [0, 0.1) is 5.41 Å². The first kappa shape index (κ1) is 16.4. The Balaban J connectivity index is 0.00000180. The monoisotopic (exact) mass is 324 g/mol. The van der Waals surface area contributed by atoms with E-state index in [9.17, 15) is 9.90 Å². The van der Waals surface area contributed by atoms with E-state index in [1.807, 2.05) is 6.92 Å². The minimum absolute atomic E-state index is 0. The summed E-state index contributed by atoms with van der Waals surface area (Å²) in [5.41, 5.74) is 0.0672. The van der Waals surface area contributed by atoms with Crippen molar-refractivity contribution in [3.05, 3.63) is 22.2 Å². The third kappa shape index (κ3) is 3.45. The van der Waals surface area contributed by atoms with Gasteiger partial charge in [-0.3, -0.25) is 4.79 Å². The molecule has 4 nitrogen and oxygen atoms in total. The number of carbonyl (C=O) groups excluding carboxylic acids is 1. The van der Waals surface area contributed by atoms with E-state index in [1.54, 1.807) is 0 Å². The smallest absolute Gasteiger partial charge is 0.231 e. The number of hydrogen-bond donors (Lipinski definition) is 3. The van der Waals surface area contributed by atoms with E-state index in [4.69, 9.17) is 23.2 Å². The zero-order valence-electron chi connectivity index (χ0n) is 10.3. The predicted octanol–water partition coefficient (Wildman–Crippen LogP) is 3.06. The summed E-state index contributed by atoms with van der Waals surface area (Å²) in [7, 11) is 0. The van der Waals surface area contributed by atoms with Crippen molar-refractivity contribution in [1.82, 2.24) is 5.32 Å². The Hall–Kier alpha value is -0.680. The number of halogens is 3. The Morgan fingerprint density at radius 1 is 1.42 bits per heavy atom. The molecule has 1 aliphatic rings. The molecule has 0 aromatic heterocycles. The van der Waals surface area contributed by atoms with Gasteiger partial charge in [-0.05, 0) is 32.0 Å². The molecule has 3 N–H and O–H groups in total. The van der Waals surface area contributed by atoms with Gasteiger partial charge in [0.15, 0.2) is 5.75 Å². The zero-order valence-corrected chi connectivity index (χ0v) is 12.6. The van der Waals surface area contributed by atoms with E-state index in [0.29, 0.717) is 12.2 Å². The first-order valence-corrected chi connectivity index (χ1v) is 6.38. The van der Waals surface area contributed by atoms with Gasteiger partial charge in [-0.25, -0.2) is 0 Å². The standard InChI is InChI=1S/C12H14Cl2N2O2.ClH/c1-12(2-3-15-6-12)11(18)16-7-4-8(13)10(17)9(14)5-7;/h4-5,15,17H,2-3,6H2,1H3,(H,16,18);1H. The van der Waals surface area contributed by atoms with Crippen LogP contribution >= 0.6 is 35.6 Å². The topological polar surface area (TPSA) is 61.4 Å². The zero-order chi connectivity index (χ0) is 13.3. The first-order chi connectivity index (χ1) is 8.42. The van der Waals surface area contributed by atoms with Crippen molar-refractivity contribution < 1.29 is 9.90 Å². The maximum absolute atomic E-state index is 12.1. The fraction of sp³-hybridized carbons (Fsp3) is 0.417. The molecule has 19 heavy (non-hydrogen) atoms. The SMILES string of the molecule is CC1(C(=O)Nc2cc(Cl)c(O)c(Cl)c2)CCNC1.Cl. The number of nitrogens with one attached hydrogen (secondary N) is 2. The first-order valence-electron chi connectivity index (χ1n) is 5.62. The summed E-state index contributed by atoms with van der Waals surface area (Å²) in [6.07, 6.45) is 0.790. The highest BCUT2D eigenvalue weighted by atomic mass is 35.5. The van der Waals surface area contributed by atoms with Crippen molar-refractivity contribution in [1.29, 1.82) is 0 Å². The Morgan fingerprint density at radius 3 is 2.47 bits per heavy atom. The lowest BCUT2D eigenvalue weighted by Gasteiger charge is -2.21. The van der Waals surface area contributed by atoms with Crippen molar-refractivity contribution >= 4 is 47.2 Å². The maximum Gasteiger partial charge on any atom is 0.231 e. The fourth-order valence-electron chi connectivity index (χ4n) is 1.93. The number of amides is 1. The second kappa shape index (κ2) is 6.18. The van der Waals surface area contributed by atoms with Gasteiger partial charge in [-0.15, -0.1) is 12.4 Å². The van der Waals surface area contributed by atoms with Gasteiger partial charge in [-0.1, -0.05) is 23.2 Å². The normalized spacial score (nSPS) is 21.8. The molecule has 1 fully saturated rings. The summed E-state index contributed by atoms with van der Waals surface area (Å²) in [4.78, 5) is 12.1. The van der Waals surface area contributed by atoms with E-state index >= 15 is 0 Å². The van der Waals surface area contributed by atoms with Crippen LogP contribution in [0.3, 0.4) is 0 Å². The molecule has 1 aromatic carbocycles. The summed E-state index contributed by atoms with van der Waals surface area (Å²) in [6, 6.07) is 2.96. The molecule has 0 radical (unpaired) electrons. The molecule has 1 amide bonds. The number of hydrogen-bond acceptors (Lipinski definition) is 3. The molecule has 1 heterocycles. The summed E-state index contributed by atoms with van der Waals surface area (Å²) in [6.45, 7) is 3.39. The molecule has 1 aliphatic heterocycles. The highest BCUT2D eigenvalue weighted by molar-refractivity contribution is 6.37. The molecular formula is C12H15Cl3N2O2. The van der Waals surface area contributed by atoms with Gasteiger partial charge in [0.05, 0.1) is 15.5 Å². The highest BCUT2D eigenvalue weighted by Crippen LogP contribution is 2.35. The van der Waals surface area contributed by atoms with Gasteiger partial charge >= 0.3 is 0 Å². The van der Waals surface area contributed by atoms with Gasteiger partial charge in [0.2, 0.25) is 5.91 Å². The van der Waals surface area contributed by atoms with E-state index in [2.05, 4.69) is 10.6 Å². The van der Waals surface area contributed by atoms with Crippen LogP contribution < -0.4 is 10.6 Å². The van der Waals surface area contributed by atoms with Crippen LogP contribution in [0.15, 0.2) is 12.1 Å². The number of aromatic hydroxyl groups is 1. The van der Waals surface area contributed by atoms with Crippen molar-refractivity contribution in [2.75, 3.05) is 18.4 Å². The van der Waals surface area contributed by atoms with E-state index in [-0.39, 0.29) is 34.1 Å². The third-order valence-electron chi connectivity index (χ3n) is 3.19. The van der Waals surface area contributed by atoms with E-state index in [0.717, 1.165) is 13.0 Å². The lowest BCUT2D eigenvalue weighted by Crippen LogP contribution is -2.35. The number of phenols is 1. The molecule has 0 saturated carbocycles. The van der Waals surface area contributed by atoms with Crippen molar-refractivity contribution in [2.45, 2.75) is 13.3 Å². The van der Waals surface area contributed by atoms with Gasteiger partial charge in [0.1, 0.15) is 0 Å². The van der Waals surface area contributed by atoms with Gasteiger partial charge < -0.3 is 15.7 Å². The van der Waals surface area contributed by atoms with E-state index in [1.165, 1.54) is 12.1 Å². The molecular weight excluding hydrogens is 311 g/mol. The molecule has 1 atom stereocenters. The lowest BCUT2D eigenvalue weighted by molar-refractivity contribution is -0.123. The molecule has 0 spiro atoms. The largest absolute Gasteiger partial charge is 0.505 e. The average molecular weight is 326 g/mol. The average Bonchev–Trinajstić information content (AvgIpc) is 2.74. The van der Waals surface area contributed by atoms with Gasteiger partial charge in [0.25, 0.3) is 0 Å². The number of rotatable bonds is 2. The Labute approximate surface area is 127 Å². The summed E-state index contributed by atoms with van der Waals surface area (Å²) >= 11 is 11.6. The van der Waals surface area contributed by atoms with Crippen molar-refractivity contribution in [3.8, 4) is 5.75 Å². The molecule has 0 bridgehead atoms. The van der Waals surface area contributed by atoms with Crippen LogP contribution in [-0.2, 0) is 4.79 Å². The summed E-state index contributed by atoms with van der Waals surface area (Å²) < 4.78 is 0. The molecule has 0 aliphatic carbocycles. The molecule has 7 heteroatoms. The minimum atomic E-state index is -0.420. The second-order valence-electron chi connectivity index (χ2n) is 4.73. The highest BCUT2D eigenvalue weighted by Gasteiger charge is 2.36. The van der Waals surface area contributed by atoms with Gasteiger partial charge in [-0.2, -0.15) is 0 Å². The molecule has 2 rings (SSSR count). The quantitative estimate of drug-likeness (QED) is 0.732. The van der Waals surface area contributed by atoms with Crippen molar-refractivity contribution in [2.24, 2.45) is 5.41 Å². The minimum Gasteiger partial charge on any atom is -0.505 e. The predicted molar refractivity (Wildman–Crippen MR) is 79.6 cm³/mol.